The molecule has 2 aromatic rings. The van der Waals surface area contributed by atoms with Crippen molar-refractivity contribution >= 4 is 11.6 Å². The van der Waals surface area contributed by atoms with E-state index in [1.165, 1.54) is 4.68 Å². The van der Waals surface area contributed by atoms with Crippen molar-refractivity contribution in [2.75, 3.05) is 5.73 Å². The molecule has 0 aliphatic carbocycles. The molecule has 2 rings (SSSR count). The Morgan fingerprint density at radius 3 is 2.90 bits per heavy atom. The normalized spacial score (nSPS) is 10.7. The van der Waals surface area contributed by atoms with Gasteiger partial charge < -0.3 is 15.8 Å². The number of ether oxygens (including phenoxy) is 1. The number of hydrogen-bond donors (Lipinski definition) is 2. The van der Waals surface area contributed by atoms with E-state index in [9.17, 15) is 4.79 Å². The highest BCUT2D eigenvalue weighted by Crippen LogP contribution is 2.16. The smallest absolute Gasteiger partial charge is 0.274 e. The summed E-state index contributed by atoms with van der Waals surface area (Å²) in [4.78, 5) is 16.2. The quantitative estimate of drug-likeness (QED) is 0.860. The monoisotopic (exact) mass is 289 g/mol. The summed E-state index contributed by atoms with van der Waals surface area (Å²) in [7, 11) is 1.71. The second-order valence-corrected chi connectivity index (χ2v) is 4.92. The third kappa shape index (κ3) is 3.71. The summed E-state index contributed by atoms with van der Waals surface area (Å²) in [5, 5.41) is 6.79. The lowest BCUT2D eigenvalue weighted by molar-refractivity contribution is 0.0945. The maximum Gasteiger partial charge on any atom is 0.274 e. The molecule has 112 valence electrons. The number of anilines is 1. The highest BCUT2D eigenvalue weighted by atomic mass is 16.5. The third-order valence-electron chi connectivity index (χ3n) is 2.71. The first-order valence-electron chi connectivity index (χ1n) is 6.65. The zero-order valence-electron chi connectivity index (χ0n) is 12.3. The number of hydrogen-bond acceptors (Lipinski definition) is 5. The summed E-state index contributed by atoms with van der Waals surface area (Å²) in [6.45, 7) is 4.14. The Labute approximate surface area is 123 Å². The maximum absolute atomic E-state index is 12.1. The van der Waals surface area contributed by atoms with E-state index in [0.717, 1.165) is 5.56 Å². The van der Waals surface area contributed by atoms with Crippen LogP contribution >= 0.6 is 0 Å². The van der Waals surface area contributed by atoms with Crippen molar-refractivity contribution in [1.82, 2.24) is 20.1 Å². The lowest BCUT2D eigenvalue weighted by Gasteiger charge is -2.13. The molecule has 0 spiro atoms. The largest absolute Gasteiger partial charge is 0.475 e. The summed E-state index contributed by atoms with van der Waals surface area (Å²) < 4.78 is 7.11. The van der Waals surface area contributed by atoms with Gasteiger partial charge in [-0.3, -0.25) is 9.48 Å². The number of nitrogen functional groups attached to an aromatic ring is 1. The fourth-order valence-corrected chi connectivity index (χ4v) is 1.83. The minimum atomic E-state index is -0.326. The molecule has 0 fully saturated rings. The number of aryl methyl sites for hydroxylation is 1. The first-order valence-corrected chi connectivity index (χ1v) is 6.65. The summed E-state index contributed by atoms with van der Waals surface area (Å²) in [5.74, 6) is 0.189. The molecule has 0 bridgehead atoms. The number of carbonyl (C=O) groups is 1. The Morgan fingerprint density at radius 1 is 1.52 bits per heavy atom. The molecular weight excluding hydrogens is 270 g/mol. The predicted molar refractivity (Wildman–Crippen MR) is 78.8 cm³/mol. The first kappa shape index (κ1) is 14.8. The van der Waals surface area contributed by atoms with Crippen LogP contribution in [0, 0.1) is 0 Å². The van der Waals surface area contributed by atoms with Crippen LogP contribution in [0.1, 0.15) is 29.9 Å². The molecule has 1 amide bonds. The number of pyridine rings is 1. The standard InChI is InChI=1S/C14H19N5O2/c1-9(2)21-14-10(5-4-6-16-14)7-17-13(20)12-11(15)8-19(3)18-12/h4-6,8-9H,7,15H2,1-3H3,(H,17,20). The molecular formula is C14H19N5O2. The molecule has 2 heterocycles. The van der Waals surface area contributed by atoms with E-state index in [2.05, 4.69) is 15.4 Å². The van der Waals surface area contributed by atoms with Gasteiger partial charge in [-0.05, 0) is 19.9 Å². The van der Waals surface area contributed by atoms with E-state index in [4.69, 9.17) is 10.5 Å². The van der Waals surface area contributed by atoms with Crippen LogP contribution in [-0.2, 0) is 13.6 Å². The molecule has 0 radical (unpaired) electrons. The molecule has 7 heteroatoms. The lowest BCUT2D eigenvalue weighted by atomic mass is 10.2. The van der Waals surface area contributed by atoms with Crippen LogP contribution in [0.2, 0.25) is 0 Å². The fraction of sp³-hybridized carbons (Fsp3) is 0.357. The zero-order valence-corrected chi connectivity index (χ0v) is 12.3. The molecule has 0 unspecified atom stereocenters. The second-order valence-electron chi connectivity index (χ2n) is 4.92. The van der Waals surface area contributed by atoms with Gasteiger partial charge >= 0.3 is 0 Å². The molecule has 2 aromatic heterocycles. The van der Waals surface area contributed by atoms with E-state index >= 15 is 0 Å². The molecule has 0 saturated heterocycles. The maximum atomic E-state index is 12.1. The molecule has 0 aromatic carbocycles. The van der Waals surface area contributed by atoms with E-state index in [-0.39, 0.29) is 17.7 Å². The number of carbonyl (C=O) groups excluding carboxylic acids is 1. The average Bonchev–Trinajstić information content (AvgIpc) is 2.76. The van der Waals surface area contributed by atoms with Gasteiger partial charge in [0.2, 0.25) is 5.88 Å². The van der Waals surface area contributed by atoms with E-state index in [1.807, 2.05) is 19.9 Å². The van der Waals surface area contributed by atoms with Crippen molar-refractivity contribution in [3.8, 4) is 5.88 Å². The minimum Gasteiger partial charge on any atom is -0.475 e. The molecule has 7 nitrogen and oxygen atoms in total. The van der Waals surface area contributed by atoms with Crippen LogP contribution in [0.4, 0.5) is 5.69 Å². The van der Waals surface area contributed by atoms with E-state index < -0.39 is 0 Å². The van der Waals surface area contributed by atoms with Gasteiger partial charge in [0.15, 0.2) is 5.69 Å². The zero-order chi connectivity index (χ0) is 15.4. The highest BCUT2D eigenvalue weighted by Gasteiger charge is 2.15. The molecule has 0 aliphatic heterocycles. The lowest BCUT2D eigenvalue weighted by Crippen LogP contribution is -2.25. The van der Waals surface area contributed by atoms with Crippen molar-refractivity contribution in [3.63, 3.8) is 0 Å². The van der Waals surface area contributed by atoms with Crippen molar-refractivity contribution in [1.29, 1.82) is 0 Å². The van der Waals surface area contributed by atoms with E-state index in [0.29, 0.717) is 18.1 Å². The summed E-state index contributed by atoms with van der Waals surface area (Å²) in [5.41, 5.74) is 7.09. The average molecular weight is 289 g/mol. The van der Waals surface area contributed by atoms with Gasteiger partial charge in [-0.1, -0.05) is 6.07 Å². The van der Waals surface area contributed by atoms with Crippen LogP contribution < -0.4 is 15.8 Å². The molecule has 0 aliphatic rings. The first-order chi connectivity index (χ1) is 9.97. The van der Waals surface area contributed by atoms with Gasteiger partial charge in [0.1, 0.15) is 0 Å². The van der Waals surface area contributed by atoms with Crippen LogP contribution in [0.5, 0.6) is 5.88 Å². The van der Waals surface area contributed by atoms with Gasteiger partial charge in [0, 0.05) is 31.5 Å². The third-order valence-corrected chi connectivity index (χ3v) is 2.71. The number of nitrogens with one attached hydrogen (secondary N) is 1. The summed E-state index contributed by atoms with van der Waals surface area (Å²) in [6, 6.07) is 3.65. The molecule has 0 atom stereocenters. The van der Waals surface area contributed by atoms with Gasteiger partial charge in [-0.2, -0.15) is 5.10 Å². The van der Waals surface area contributed by atoms with E-state index in [1.54, 1.807) is 25.5 Å². The van der Waals surface area contributed by atoms with Gasteiger partial charge in [0.25, 0.3) is 5.91 Å². The van der Waals surface area contributed by atoms with Crippen LogP contribution in [0.15, 0.2) is 24.5 Å². The van der Waals surface area contributed by atoms with Gasteiger partial charge in [-0.15, -0.1) is 0 Å². The number of rotatable bonds is 5. The topological polar surface area (TPSA) is 95.1 Å². The molecule has 0 saturated carbocycles. The Balaban J connectivity index is 2.06. The van der Waals surface area contributed by atoms with Crippen LogP contribution in [0.25, 0.3) is 0 Å². The molecule has 21 heavy (non-hydrogen) atoms. The SMILES string of the molecule is CC(C)Oc1ncccc1CNC(=O)c1nn(C)cc1N. The van der Waals surface area contributed by atoms with Crippen molar-refractivity contribution in [3.05, 3.63) is 35.8 Å². The van der Waals surface area contributed by atoms with Gasteiger partial charge in [0.05, 0.1) is 11.8 Å². The highest BCUT2D eigenvalue weighted by molar-refractivity contribution is 5.96. The second kappa shape index (κ2) is 6.25. The van der Waals surface area contributed by atoms with Crippen LogP contribution in [-0.4, -0.2) is 26.8 Å². The summed E-state index contributed by atoms with van der Waals surface area (Å²) in [6.07, 6.45) is 3.26. The summed E-state index contributed by atoms with van der Waals surface area (Å²) >= 11 is 0. The Bertz CT molecular complexity index is 636. The predicted octanol–water partition coefficient (Wildman–Crippen LogP) is 1.11. The van der Waals surface area contributed by atoms with Gasteiger partial charge in [-0.25, -0.2) is 4.98 Å². The minimum absolute atomic E-state index is 0.0146. The fourth-order valence-electron chi connectivity index (χ4n) is 1.83. The number of aromatic nitrogens is 3. The Hall–Kier alpha value is -2.57. The van der Waals surface area contributed by atoms with Crippen molar-refractivity contribution < 1.29 is 9.53 Å². The molecule has 3 N–H and O–H groups in total. The number of nitrogens with zero attached hydrogens (tertiary/aromatic N) is 3. The number of nitrogens with two attached hydrogens (primary N) is 1. The van der Waals surface area contributed by atoms with Crippen LogP contribution in [0.3, 0.4) is 0 Å². The van der Waals surface area contributed by atoms with Crippen molar-refractivity contribution in [2.24, 2.45) is 7.05 Å². The Morgan fingerprint density at radius 2 is 2.29 bits per heavy atom. The Kier molecular flexibility index (Phi) is 4.42. The van der Waals surface area contributed by atoms with Crippen molar-refractivity contribution in [2.45, 2.75) is 26.5 Å². The number of amides is 1.